The molecule has 0 aromatic heterocycles. The minimum atomic E-state index is 0.766. The highest BCUT2D eigenvalue weighted by atomic mass is 79.9. The van der Waals surface area contributed by atoms with Crippen LogP contribution in [0.3, 0.4) is 0 Å². The van der Waals surface area contributed by atoms with Crippen LogP contribution in [0.4, 0.5) is 5.69 Å². The summed E-state index contributed by atoms with van der Waals surface area (Å²) < 4.78 is 1.07. The molecule has 4 heteroatoms. The molecule has 0 atom stereocenters. The lowest BCUT2D eigenvalue weighted by atomic mass is 10.1. The van der Waals surface area contributed by atoms with Gasteiger partial charge in [0.1, 0.15) is 6.07 Å². The fourth-order valence-corrected chi connectivity index (χ4v) is 3.45. The lowest BCUT2D eigenvalue weighted by Crippen LogP contribution is -2.17. The smallest absolute Gasteiger partial charge is 0.103 e. The van der Waals surface area contributed by atoms with Gasteiger partial charge in [-0.05, 0) is 35.6 Å². The molecular weight excluding hydrogens is 344 g/mol. The average molecular weight is 361 g/mol. The van der Waals surface area contributed by atoms with Gasteiger partial charge in [0, 0.05) is 23.0 Å². The summed E-state index contributed by atoms with van der Waals surface area (Å²) in [5, 5.41) is 9.49. The Hall–Kier alpha value is -1.44. The first kappa shape index (κ1) is 15.9. The Morgan fingerprint density at radius 1 is 1.24 bits per heavy atom. The molecule has 0 bridgehead atoms. The normalized spacial score (nSPS) is 10.2. The van der Waals surface area contributed by atoms with E-state index in [9.17, 15) is 5.26 Å². The predicted octanol–water partition coefficient (Wildman–Crippen LogP) is 5.07. The Morgan fingerprint density at radius 2 is 2.00 bits per heavy atom. The third-order valence-electron chi connectivity index (χ3n) is 3.14. The van der Waals surface area contributed by atoms with Crippen LogP contribution in [0.25, 0.3) is 0 Å². The number of nitrogens with zero attached hydrogens (tertiary/aromatic N) is 2. The maximum absolute atomic E-state index is 9.49. The third kappa shape index (κ3) is 4.03. The summed E-state index contributed by atoms with van der Waals surface area (Å²) >= 11 is 5.20. The highest BCUT2D eigenvalue weighted by Gasteiger charge is 2.12. The second-order valence-corrected chi connectivity index (χ2v) is 6.90. The molecule has 0 aliphatic rings. The van der Waals surface area contributed by atoms with Crippen LogP contribution < -0.4 is 4.90 Å². The lowest BCUT2D eigenvalue weighted by Gasteiger charge is -2.22. The lowest BCUT2D eigenvalue weighted by molar-refractivity contribution is 0.917. The second-order valence-electron chi connectivity index (χ2n) is 4.68. The third-order valence-corrected chi connectivity index (χ3v) is 4.57. The number of nitriles is 1. The first-order valence-electron chi connectivity index (χ1n) is 6.77. The van der Waals surface area contributed by atoms with E-state index < -0.39 is 0 Å². The molecule has 0 aliphatic carbocycles. The number of thioether (sulfide) groups is 1. The molecule has 108 valence electrons. The van der Waals surface area contributed by atoms with Gasteiger partial charge in [0.15, 0.2) is 0 Å². The zero-order valence-corrected chi connectivity index (χ0v) is 14.5. The molecule has 0 spiro atoms. The van der Waals surface area contributed by atoms with Crippen molar-refractivity contribution in [2.45, 2.75) is 18.4 Å². The van der Waals surface area contributed by atoms with Crippen LogP contribution >= 0.6 is 27.7 Å². The van der Waals surface area contributed by atoms with Crippen molar-refractivity contribution in [3.8, 4) is 6.07 Å². The fraction of sp³-hybridized carbons (Fsp3) is 0.235. The number of anilines is 1. The van der Waals surface area contributed by atoms with Gasteiger partial charge in [0.25, 0.3) is 0 Å². The Kier molecular flexibility index (Phi) is 5.72. The van der Waals surface area contributed by atoms with E-state index >= 15 is 0 Å². The van der Waals surface area contributed by atoms with Crippen LogP contribution in [0.5, 0.6) is 0 Å². The van der Waals surface area contributed by atoms with Gasteiger partial charge in [-0.25, -0.2) is 0 Å². The molecule has 2 rings (SSSR count). The topological polar surface area (TPSA) is 27.0 Å². The molecule has 0 amide bonds. The number of rotatable bonds is 5. The van der Waals surface area contributed by atoms with E-state index in [2.05, 4.69) is 46.0 Å². The van der Waals surface area contributed by atoms with Gasteiger partial charge < -0.3 is 4.90 Å². The van der Waals surface area contributed by atoms with E-state index in [0.29, 0.717) is 0 Å². The van der Waals surface area contributed by atoms with Gasteiger partial charge >= 0.3 is 0 Å². The highest BCUT2D eigenvalue weighted by molar-refractivity contribution is 9.10. The minimum absolute atomic E-state index is 0.766. The van der Waals surface area contributed by atoms with Crippen LogP contribution in [-0.2, 0) is 6.54 Å². The fourth-order valence-electron chi connectivity index (χ4n) is 2.22. The molecule has 2 aromatic rings. The Morgan fingerprint density at radius 3 is 2.67 bits per heavy atom. The molecule has 0 aliphatic heterocycles. The summed E-state index contributed by atoms with van der Waals surface area (Å²) in [6, 6.07) is 16.6. The summed E-state index contributed by atoms with van der Waals surface area (Å²) in [5.74, 6) is 0.966. The molecule has 2 aromatic carbocycles. The Labute approximate surface area is 138 Å². The Bertz CT molecular complexity index is 664. The maximum Gasteiger partial charge on any atom is 0.103 e. The summed E-state index contributed by atoms with van der Waals surface area (Å²) in [7, 11) is 2.03. The predicted molar refractivity (Wildman–Crippen MR) is 93.8 cm³/mol. The Balaban J connectivity index is 2.29. The number of halogens is 1. The molecule has 0 saturated heterocycles. The van der Waals surface area contributed by atoms with Crippen molar-refractivity contribution in [1.29, 1.82) is 5.26 Å². The van der Waals surface area contributed by atoms with Crippen molar-refractivity contribution in [3.05, 3.63) is 58.1 Å². The van der Waals surface area contributed by atoms with E-state index in [1.807, 2.05) is 37.4 Å². The number of hydrogen-bond acceptors (Lipinski definition) is 3. The van der Waals surface area contributed by atoms with Gasteiger partial charge in [-0.15, -0.1) is 11.8 Å². The molecule has 0 saturated carbocycles. The van der Waals surface area contributed by atoms with Crippen molar-refractivity contribution < 1.29 is 0 Å². The van der Waals surface area contributed by atoms with E-state index in [1.54, 1.807) is 11.8 Å². The molecule has 0 fully saturated rings. The molecule has 0 heterocycles. The zero-order valence-electron chi connectivity index (χ0n) is 12.1. The maximum atomic E-state index is 9.49. The van der Waals surface area contributed by atoms with Crippen molar-refractivity contribution in [2.24, 2.45) is 0 Å². The van der Waals surface area contributed by atoms with Crippen LogP contribution in [0.15, 0.2) is 51.8 Å². The summed E-state index contributed by atoms with van der Waals surface area (Å²) in [4.78, 5) is 3.18. The average Bonchev–Trinajstić information content (AvgIpc) is 2.47. The number of benzene rings is 2. The second kappa shape index (κ2) is 7.53. The summed E-state index contributed by atoms with van der Waals surface area (Å²) in [6.45, 7) is 2.87. The van der Waals surface area contributed by atoms with Crippen molar-refractivity contribution in [1.82, 2.24) is 0 Å². The van der Waals surface area contributed by atoms with Crippen LogP contribution in [0, 0.1) is 11.3 Å². The van der Waals surface area contributed by atoms with E-state index in [4.69, 9.17) is 0 Å². The van der Waals surface area contributed by atoms with Crippen LogP contribution in [0.2, 0.25) is 0 Å². The molecule has 0 radical (unpaired) electrons. The van der Waals surface area contributed by atoms with Crippen LogP contribution in [0.1, 0.15) is 18.1 Å². The van der Waals surface area contributed by atoms with Crippen molar-refractivity contribution >= 4 is 33.4 Å². The SMILES string of the molecule is CCSc1cccc(N(C)Cc2cccc(Br)c2)c1C#N. The van der Waals surface area contributed by atoms with Gasteiger partial charge in [-0.3, -0.25) is 0 Å². The first-order valence-corrected chi connectivity index (χ1v) is 8.55. The quantitative estimate of drug-likeness (QED) is 0.696. The standard InChI is InChI=1S/C17H17BrN2S/c1-3-21-17-9-5-8-16(15(17)11-19)20(2)12-13-6-4-7-14(18)10-13/h4-10H,3,12H2,1-2H3. The molecule has 0 unspecified atom stereocenters. The van der Waals surface area contributed by atoms with Gasteiger partial charge in [0.2, 0.25) is 0 Å². The van der Waals surface area contributed by atoms with E-state index in [-0.39, 0.29) is 0 Å². The van der Waals surface area contributed by atoms with E-state index in [1.165, 1.54) is 5.56 Å². The zero-order chi connectivity index (χ0) is 15.2. The van der Waals surface area contributed by atoms with Crippen molar-refractivity contribution in [2.75, 3.05) is 17.7 Å². The highest BCUT2D eigenvalue weighted by Crippen LogP contribution is 2.30. The minimum Gasteiger partial charge on any atom is -0.369 e. The monoisotopic (exact) mass is 360 g/mol. The van der Waals surface area contributed by atoms with Crippen LogP contribution in [-0.4, -0.2) is 12.8 Å². The first-order chi connectivity index (χ1) is 10.2. The summed E-state index contributed by atoms with van der Waals surface area (Å²) in [6.07, 6.45) is 0. The molecule has 2 nitrogen and oxygen atoms in total. The van der Waals surface area contributed by atoms with Crippen molar-refractivity contribution in [3.63, 3.8) is 0 Å². The summed E-state index contributed by atoms with van der Waals surface area (Å²) in [5.41, 5.74) is 2.96. The largest absolute Gasteiger partial charge is 0.369 e. The number of hydrogen-bond donors (Lipinski definition) is 0. The van der Waals surface area contributed by atoms with E-state index in [0.717, 1.165) is 32.9 Å². The van der Waals surface area contributed by atoms with Gasteiger partial charge in [0.05, 0.1) is 11.3 Å². The molecular formula is C17H17BrN2S. The molecule has 21 heavy (non-hydrogen) atoms. The molecule has 0 N–H and O–H groups in total. The van der Waals surface area contributed by atoms with Gasteiger partial charge in [-0.2, -0.15) is 5.26 Å². The van der Waals surface area contributed by atoms with Gasteiger partial charge in [-0.1, -0.05) is 41.1 Å².